The topological polar surface area (TPSA) is 104 Å². The van der Waals surface area contributed by atoms with Crippen LogP contribution in [0.15, 0.2) is 55.1 Å². The molecule has 0 unspecified atom stereocenters. The van der Waals surface area contributed by atoms with Gasteiger partial charge in [0.05, 0.1) is 11.9 Å². The molecule has 4 heterocycles. The molecular weight excluding hydrogens is 426 g/mol. The summed E-state index contributed by atoms with van der Waals surface area (Å²) in [5, 5.41) is 13.4. The normalized spacial score (nSPS) is 11.7. The number of aromatic nitrogens is 5. The summed E-state index contributed by atoms with van der Waals surface area (Å²) in [6.07, 6.45) is 6.57. The Morgan fingerprint density at radius 1 is 1.12 bits per heavy atom. The van der Waals surface area contributed by atoms with E-state index in [1.54, 1.807) is 41.2 Å². The van der Waals surface area contributed by atoms with Gasteiger partial charge in [-0.25, -0.2) is 19.4 Å². The number of aromatic carboxylic acids is 1. The molecule has 0 aliphatic carbocycles. The summed E-state index contributed by atoms with van der Waals surface area (Å²) >= 11 is 0. The maximum absolute atomic E-state index is 11.1. The first-order chi connectivity index (χ1) is 15.3. The van der Waals surface area contributed by atoms with Crippen LogP contribution in [0.25, 0.3) is 16.9 Å². The lowest BCUT2D eigenvalue weighted by atomic mass is 10.2. The predicted octanol–water partition coefficient (Wildman–Crippen LogP) is 4.40. The molecule has 0 atom stereocenters. The van der Waals surface area contributed by atoms with Gasteiger partial charge in [-0.05, 0) is 30.3 Å². The Morgan fingerprint density at radius 2 is 1.97 bits per heavy atom. The fourth-order valence-corrected chi connectivity index (χ4v) is 3.81. The van der Waals surface area contributed by atoms with E-state index in [9.17, 15) is 4.79 Å². The van der Waals surface area contributed by atoms with Gasteiger partial charge in [-0.3, -0.25) is 0 Å². The number of imidazole rings is 1. The molecule has 10 heteroatoms. The van der Waals surface area contributed by atoms with Crippen molar-refractivity contribution >= 4 is 19.7 Å². The molecule has 4 aromatic heterocycles. The molecular formula is C22H25N5O4Si. The molecule has 166 valence electrons. The highest BCUT2D eigenvalue weighted by Gasteiger charge is 2.13. The minimum Gasteiger partial charge on any atom is -0.476 e. The van der Waals surface area contributed by atoms with Crippen molar-refractivity contribution in [2.45, 2.75) is 32.4 Å². The predicted molar refractivity (Wildman–Crippen MR) is 122 cm³/mol. The number of ether oxygens (including phenoxy) is 2. The Hall–Kier alpha value is -3.50. The Labute approximate surface area is 186 Å². The van der Waals surface area contributed by atoms with E-state index in [-0.39, 0.29) is 5.69 Å². The second-order valence-corrected chi connectivity index (χ2v) is 14.2. The van der Waals surface area contributed by atoms with Crippen LogP contribution in [0, 0.1) is 0 Å². The van der Waals surface area contributed by atoms with Gasteiger partial charge in [-0.15, -0.1) is 0 Å². The number of carboxylic acids is 1. The zero-order valence-corrected chi connectivity index (χ0v) is 19.2. The first-order valence-electron chi connectivity index (χ1n) is 10.2. The summed E-state index contributed by atoms with van der Waals surface area (Å²) in [4.78, 5) is 19.5. The van der Waals surface area contributed by atoms with E-state index in [1.165, 1.54) is 6.20 Å². The molecule has 0 bridgehead atoms. The van der Waals surface area contributed by atoms with Gasteiger partial charge in [0.1, 0.15) is 18.1 Å². The third-order valence-electron chi connectivity index (χ3n) is 4.82. The third-order valence-corrected chi connectivity index (χ3v) is 6.53. The van der Waals surface area contributed by atoms with Crippen LogP contribution < -0.4 is 4.74 Å². The monoisotopic (exact) mass is 451 g/mol. The van der Waals surface area contributed by atoms with Gasteiger partial charge in [0.2, 0.25) is 5.88 Å². The maximum Gasteiger partial charge on any atom is 0.356 e. The lowest BCUT2D eigenvalue weighted by Crippen LogP contribution is -2.22. The van der Waals surface area contributed by atoms with Crippen molar-refractivity contribution < 1.29 is 19.4 Å². The van der Waals surface area contributed by atoms with E-state index in [2.05, 4.69) is 34.7 Å². The average molecular weight is 452 g/mol. The van der Waals surface area contributed by atoms with Crippen LogP contribution in [0.3, 0.4) is 0 Å². The molecule has 4 aromatic rings. The van der Waals surface area contributed by atoms with Gasteiger partial charge in [-0.1, -0.05) is 19.6 Å². The van der Waals surface area contributed by atoms with E-state index >= 15 is 0 Å². The van der Waals surface area contributed by atoms with Crippen molar-refractivity contribution in [1.29, 1.82) is 0 Å². The summed E-state index contributed by atoms with van der Waals surface area (Å²) in [5.74, 6) is -0.133. The molecule has 0 radical (unpaired) electrons. The van der Waals surface area contributed by atoms with Gasteiger partial charge in [0, 0.05) is 44.9 Å². The van der Waals surface area contributed by atoms with Crippen LogP contribution in [0.5, 0.6) is 11.6 Å². The molecule has 1 N–H and O–H groups in total. The minimum atomic E-state index is -1.12. The van der Waals surface area contributed by atoms with Crippen molar-refractivity contribution in [3.8, 4) is 22.9 Å². The van der Waals surface area contributed by atoms with Gasteiger partial charge < -0.3 is 19.0 Å². The number of pyridine rings is 2. The highest BCUT2D eigenvalue weighted by Crippen LogP contribution is 2.24. The van der Waals surface area contributed by atoms with Crippen molar-refractivity contribution in [2.75, 3.05) is 6.61 Å². The summed E-state index contributed by atoms with van der Waals surface area (Å²) in [5.41, 5.74) is 2.32. The lowest BCUT2D eigenvalue weighted by Gasteiger charge is -2.16. The summed E-state index contributed by atoms with van der Waals surface area (Å²) < 4.78 is 15.1. The molecule has 0 aliphatic heterocycles. The van der Waals surface area contributed by atoms with Crippen molar-refractivity contribution in [2.24, 2.45) is 0 Å². The fraction of sp³-hybridized carbons (Fsp3) is 0.273. The Bertz CT molecular complexity index is 1230. The zero-order valence-electron chi connectivity index (χ0n) is 18.2. The molecule has 0 saturated heterocycles. The van der Waals surface area contributed by atoms with Crippen LogP contribution in [-0.2, 0) is 11.5 Å². The van der Waals surface area contributed by atoms with E-state index in [0.29, 0.717) is 24.0 Å². The molecule has 9 nitrogen and oxygen atoms in total. The number of carboxylic acid groups (broad SMARTS) is 1. The van der Waals surface area contributed by atoms with E-state index in [4.69, 9.17) is 14.6 Å². The van der Waals surface area contributed by atoms with Gasteiger partial charge in [-0.2, -0.15) is 5.10 Å². The SMILES string of the molecule is C[Si](C)(C)CCOCn1nccc1-c1ccc(Oc2ccc3nc(C(=O)O)cn3c2)nc1. The second kappa shape index (κ2) is 8.93. The maximum atomic E-state index is 11.1. The Kier molecular flexibility index (Phi) is 6.06. The second-order valence-electron chi connectivity index (χ2n) is 8.61. The molecule has 0 saturated carbocycles. The molecule has 0 aliphatic rings. The molecule has 0 fully saturated rings. The van der Waals surface area contributed by atoms with E-state index in [1.807, 2.05) is 16.8 Å². The molecule has 32 heavy (non-hydrogen) atoms. The van der Waals surface area contributed by atoms with Crippen LogP contribution in [0.2, 0.25) is 25.7 Å². The van der Waals surface area contributed by atoms with Gasteiger partial charge >= 0.3 is 5.97 Å². The highest BCUT2D eigenvalue weighted by atomic mass is 28.3. The number of hydrogen-bond donors (Lipinski definition) is 1. The largest absolute Gasteiger partial charge is 0.476 e. The van der Waals surface area contributed by atoms with Crippen LogP contribution in [0.1, 0.15) is 10.5 Å². The quantitative estimate of drug-likeness (QED) is 0.297. The first-order valence-corrected chi connectivity index (χ1v) is 14.0. The van der Waals surface area contributed by atoms with Crippen molar-refractivity contribution in [3.05, 3.63) is 60.8 Å². The summed E-state index contributed by atoms with van der Waals surface area (Å²) in [6.45, 7) is 8.10. The van der Waals surface area contributed by atoms with Crippen LogP contribution in [0.4, 0.5) is 0 Å². The highest BCUT2D eigenvalue weighted by molar-refractivity contribution is 6.76. The molecule has 4 rings (SSSR count). The third kappa shape index (κ3) is 5.21. The summed E-state index contributed by atoms with van der Waals surface area (Å²) in [6, 6.07) is 10.1. The molecule has 0 amide bonds. The van der Waals surface area contributed by atoms with E-state index < -0.39 is 14.0 Å². The van der Waals surface area contributed by atoms with Crippen molar-refractivity contribution in [1.82, 2.24) is 24.1 Å². The van der Waals surface area contributed by atoms with Crippen LogP contribution in [-0.4, -0.2) is 49.9 Å². The fourth-order valence-electron chi connectivity index (χ4n) is 3.06. The number of carbonyl (C=O) groups is 1. The number of hydrogen-bond acceptors (Lipinski definition) is 6. The Balaban J connectivity index is 1.42. The minimum absolute atomic E-state index is 0.0225. The average Bonchev–Trinajstić information content (AvgIpc) is 3.38. The standard InChI is InChI=1S/C22H25N5O4Si/c1-32(2,3)11-10-30-15-27-19(8-9-24-27)16-4-7-21(23-12-16)31-17-5-6-20-25-18(22(28)29)14-26(20)13-17/h4-9,12-14H,10-11,15H2,1-3H3,(H,28,29). The first kappa shape index (κ1) is 21.7. The van der Waals surface area contributed by atoms with Crippen molar-refractivity contribution in [3.63, 3.8) is 0 Å². The lowest BCUT2D eigenvalue weighted by molar-refractivity contribution is 0.0691. The number of rotatable bonds is 9. The van der Waals surface area contributed by atoms with Gasteiger partial charge in [0.15, 0.2) is 5.69 Å². The zero-order chi connectivity index (χ0) is 22.7. The smallest absolute Gasteiger partial charge is 0.356 e. The Morgan fingerprint density at radius 3 is 2.69 bits per heavy atom. The molecule has 0 spiro atoms. The van der Waals surface area contributed by atoms with Crippen LogP contribution >= 0.6 is 0 Å². The number of fused-ring (bicyclic) bond motifs is 1. The molecule has 0 aromatic carbocycles. The summed E-state index contributed by atoms with van der Waals surface area (Å²) in [7, 11) is -1.12. The van der Waals surface area contributed by atoms with Gasteiger partial charge in [0.25, 0.3) is 0 Å². The van der Waals surface area contributed by atoms with E-state index in [0.717, 1.165) is 23.9 Å². The number of nitrogens with zero attached hydrogens (tertiary/aromatic N) is 5.